The molecule has 1 aromatic carbocycles. The third-order valence-corrected chi connectivity index (χ3v) is 6.83. The van der Waals surface area contributed by atoms with Gasteiger partial charge in [0.2, 0.25) is 12.2 Å². The molecule has 2 amide bonds. The summed E-state index contributed by atoms with van der Waals surface area (Å²) in [6.07, 6.45) is -8.06. The Bertz CT molecular complexity index is 1360. The van der Waals surface area contributed by atoms with Gasteiger partial charge in [-0.05, 0) is 24.5 Å². The summed E-state index contributed by atoms with van der Waals surface area (Å²) in [5.41, 5.74) is 4.99. The van der Waals surface area contributed by atoms with Crippen molar-refractivity contribution >= 4 is 11.8 Å². The Labute approximate surface area is 232 Å². The lowest BCUT2D eigenvalue weighted by atomic mass is 9.94. The molecule has 41 heavy (non-hydrogen) atoms. The van der Waals surface area contributed by atoms with Crippen LogP contribution in [0.25, 0.3) is 0 Å². The van der Waals surface area contributed by atoms with Crippen LogP contribution in [-0.2, 0) is 30.2 Å². The van der Waals surface area contributed by atoms with Crippen molar-refractivity contribution in [3.8, 4) is 0 Å². The first-order valence-electron chi connectivity index (χ1n) is 12.9. The van der Waals surface area contributed by atoms with Crippen molar-refractivity contribution in [2.45, 2.75) is 55.9 Å². The minimum atomic E-state index is -1.79. The number of primary amides is 1. The van der Waals surface area contributed by atoms with E-state index in [9.17, 15) is 39.6 Å². The number of carbonyl (C=O) groups is 2. The smallest absolute Gasteiger partial charge is 0.330 e. The molecule has 1 fully saturated rings. The van der Waals surface area contributed by atoms with Crippen LogP contribution in [0.5, 0.6) is 0 Å². The van der Waals surface area contributed by atoms with E-state index in [0.29, 0.717) is 12.8 Å². The Kier molecular flexibility index (Phi) is 9.69. The highest BCUT2D eigenvalue weighted by molar-refractivity contribution is 5.91. The van der Waals surface area contributed by atoms with E-state index in [1.54, 1.807) is 0 Å². The average Bonchev–Trinajstić information content (AvgIpc) is 3.27. The number of rotatable bonds is 11. The third-order valence-electron chi connectivity index (χ3n) is 6.83. The molecule has 8 N–H and O–H groups in total. The Morgan fingerprint density at radius 2 is 1.85 bits per heavy atom. The zero-order valence-corrected chi connectivity index (χ0v) is 21.7. The lowest BCUT2D eigenvalue weighted by Crippen LogP contribution is -2.53. The molecule has 0 aliphatic carbocycles. The second-order valence-corrected chi connectivity index (χ2v) is 9.65. The summed E-state index contributed by atoms with van der Waals surface area (Å²) in [4.78, 5) is 50.8. The summed E-state index contributed by atoms with van der Waals surface area (Å²) in [6, 6.07) is 10.6. The van der Waals surface area contributed by atoms with E-state index in [0.717, 1.165) is 28.5 Å². The summed E-state index contributed by atoms with van der Waals surface area (Å²) in [7, 11) is 0. The molecule has 222 valence electrons. The minimum absolute atomic E-state index is 0.278. The highest BCUT2D eigenvalue weighted by atomic mass is 16.7. The molecule has 15 nitrogen and oxygen atoms in total. The predicted molar refractivity (Wildman–Crippen MR) is 139 cm³/mol. The number of aliphatic hydroxyl groups excluding tert-OH is 4. The molecule has 0 saturated carbocycles. The van der Waals surface area contributed by atoms with E-state index in [2.05, 4.69) is 5.32 Å². The second-order valence-electron chi connectivity index (χ2n) is 9.65. The van der Waals surface area contributed by atoms with E-state index in [4.69, 9.17) is 19.9 Å². The molecule has 3 heterocycles. The van der Waals surface area contributed by atoms with Crippen molar-refractivity contribution in [1.29, 1.82) is 0 Å². The van der Waals surface area contributed by atoms with Crippen molar-refractivity contribution in [3.05, 3.63) is 80.8 Å². The number of aryl methyl sites for hydroxylation is 1. The lowest BCUT2D eigenvalue weighted by molar-refractivity contribution is -0.239. The fraction of sp³-hybridized carbons (Fsp3) is 0.462. The van der Waals surface area contributed by atoms with Crippen LogP contribution < -0.4 is 22.3 Å². The molecule has 0 unspecified atom stereocenters. The van der Waals surface area contributed by atoms with Crippen LogP contribution in [0.1, 0.15) is 18.2 Å². The highest BCUT2D eigenvalue weighted by Crippen LogP contribution is 2.36. The maximum absolute atomic E-state index is 12.7. The maximum Gasteiger partial charge on any atom is 0.330 e. The number of benzene rings is 1. The van der Waals surface area contributed by atoms with Crippen molar-refractivity contribution in [1.82, 2.24) is 14.9 Å². The van der Waals surface area contributed by atoms with Gasteiger partial charge in [0, 0.05) is 24.7 Å². The monoisotopic (exact) mass is 576 g/mol. The predicted octanol–water partition coefficient (Wildman–Crippen LogP) is -3.02. The molecule has 2 aliphatic heterocycles. The van der Waals surface area contributed by atoms with Gasteiger partial charge in [0.1, 0.15) is 24.4 Å². The molecule has 4 rings (SSSR count). The zero-order chi connectivity index (χ0) is 29.7. The van der Waals surface area contributed by atoms with Crippen LogP contribution in [0.4, 0.5) is 0 Å². The standard InChI is InChI=1S/C26H32N4O11/c27-22(36)21(20-14(12-31)18(34)24(40-20)30-10-8-17(33)29-26(30)38)41-25-19(35)15(32)11-16(39-25)23(37)28-9-4-7-13-5-2-1-3-6-13/h1-3,5-6,8,10-11,14-15,18-21,24-25,31-32,34-35H,4,7,9,12H2,(H2,27,36)(H,28,37)(H,29,33,38)/t14-,15-,18+,19-,20-,21+,24+,25+/m0/s1. The van der Waals surface area contributed by atoms with Crippen LogP contribution in [0.15, 0.2) is 64.0 Å². The first-order chi connectivity index (χ1) is 19.6. The number of aromatic nitrogens is 2. The number of nitrogens with two attached hydrogens (primary N) is 1. The van der Waals surface area contributed by atoms with Gasteiger partial charge in [-0.25, -0.2) is 4.79 Å². The number of nitrogens with zero attached hydrogens (tertiary/aromatic N) is 1. The van der Waals surface area contributed by atoms with Crippen LogP contribution in [0, 0.1) is 5.92 Å². The van der Waals surface area contributed by atoms with Gasteiger partial charge in [-0.15, -0.1) is 0 Å². The van der Waals surface area contributed by atoms with Crippen molar-refractivity contribution in [2.75, 3.05) is 13.2 Å². The Hall–Kier alpha value is -3.86. The molecule has 1 saturated heterocycles. The molecule has 15 heteroatoms. The van der Waals surface area contributed by atoms with E-state index in [1.807, 2.05) is 35.3 Å². The number of carbonyl (C=O) groups excluding carboxylic acids is 2. The summed E-state index contributed by atoms with van der Waals surface area (Å²) in [6.45, 7) is -0.458. The molecule has 8 atom stereocenters. The minimum Gasteiger partial charge on any atom is -0.456 e. The largest absolute Gasteiger partial charge is 0.456 e. The van der Waals surface area contributed by atoms with Crippen LogP contribution in [-0.4, -0.2) is 91.8 Å². The number of aromatic amines is 1. The molecule has 0 bridgehead atoms. The fourth-order valence-corrected chi connectivity index (χ4v) is 4.68. The summed E-state index contributed by atoms with van der Waals surface area (Å²) >= 11 is 0. The first kappa shape index (κ1) is 30.1. The second kappa shape index (κ2) is 13.2. The van der Waals surface area contributed by atoms with Gasteiger partial charge in [0.15, 0.2) is 18.1 Å². The Morgan fingerprint density at radius 1 is 1.12 bits per heavy atom. The summed E-state index contributed by atoms with van der Waals surface area (Å²) in [5, 5.41) is 44.1. The van der Waals surface area contributed by atoms with Crippen molar-refractivity contribution < 1.29 is 44.2 Å². The van der Waals surface area contributed by atoms with Gasteiger partial charge < -0.3 is 45.7 Å². The number of amides is 2. The summed E-state index contributed by atoms with van der Waals surface area (Å²) in [5.74, 6) is -3.45. The quantitative estimate of drug-likeness (QED) is 0.133. The van der Waals surface area contributed by atoms with Gasteiger partial charge in [-0.3, -0.25) is 23.9 Å². The topological polar surface area (TPSA) is 236 Å². The van der Waals surface area contributed by atoms with Crippen LogP contribution in [0.2, 0.25) is 0 Å². The molecule has 2 aliphatic rings. The first-order valence-corrected chi connectivity index (χ1v) is 12.9. The Balaban J connectivity index is 1.44. The van der Waals surface area contributed by atoms with Gasteiger partial charge in [0.25, 0.3) is 11.5 Å². The SMILES string of the molecule is NC(=O)[C@H](O[C@H]1OC(C(=O)NCCCc2ccccc2)=C[C@H](O)[C@@H]1O)[C@H]1O[C@@H](n2ccc(=O)[nH]c2=O)[C@H](O)[C@@H]1CO. The van der Waals surface area contributed by atoms with Crippen molar-refractivity contribution in [3.63, 3.8) is 0 Å². The average molecular weight is 577 g/mol. The molecule has 1 aromatic heterocycles. The van der Waals surface area contributed by atoms with Gasteiger partial charge in [-0.1, -0.05) is 30.3 Å². The molecular formula is C26H32N4O11. The van der Waals surface area contributed by atoms with Crippen LogP contribution >= 0.6 is 0 Å². The molecule has 0 radical (unpaired) electrons. The number of hydrogen-bond donors (Lipinski definition) is 7. The number of aliphatic hydroxyl groups is 4. The van der Waals surface area contributed by atoms with E-state index in [1.165, 1.54) is 0 Å². The number of ether oxygens (including phenoxy) is 3. The molecule has 2 aromatic rings. The number of H-pyrrole nitrogens is 1. The van der Waals surface area contributed by atoms with Gasteiger partial charge in [0.05, 0.1) is 6.61 Å². The van der Waals surface area contributed by atoms with Crippen molar-refractivity contribution in [2.24, 2.45) is 11.7 Å². The van der Waals surface area contributed by atoms with E-state index < -0.39 is 78.6 Å². The fourth-order valence-electron chi connectivity index (χ4n) is 4.68. The third kappa shape index (κ3) is 6.90. The molecule has 0 spiro atoms. The Morgan fingerprint density at radius 3 is 2.51 bits per heavy atom. The lowest BCUT2D eigenvalue weighted by Gasteiger charge is -2.35. The normalized spacial score (nSPS) is 28.4. The van der Waals surface area contributed by atoms with Gasteiger partial charge >= 0.3 is 5.69 Å². The number of hydrogen-bond acceptors (Lipinski definition) is 11. The van der Waals surface area contributed by atoms with Gasteiger partial charge in [-0.2, -0.15) is 0 Å². The van der Waals surface area contributed by atoms with E-state index in [-0.39, 0.29) is 12.3 Å². The zero-order valence-electron chi connectivity index (χ0n) is 21.7. The number of nitrogens with one attached hydrogen (secondary N) is 2. The van der Waals surface area contributed by atoms with E-state index >= 15 is 0 Å². The summed E-state index contributed by atoms with van der Waals surface area (Å²) < 4.78 is 17.6. The molecular weight excluding hydrogens is 544 g/mol. The van der Waals surface area contributed by atoms with Crippen LogP contribution in [0.3, 0.4) is 0 Å². The highest BCUT2D eigenvalue weighted by Gasteiger charge is 2.51. The maximum atomic E-state index is 12.7.